The maximum Gasteiger partial charge on any atom is 0.244 e. The molecule has 0 aliphatic carbocycles. The van der Waals surface area contributed by atoms with Gasteiger partial charge in [-0.25, -0.2) is 4.68 Å². The lowest BCUT2D eigenvalue weighted by atomic mass is 10.2. The van der Waals surface area contributed by atoms with Crippen LogP contribution in [0.2, 0.25) is 0 Å². The van der Waals surface area contributed by atoms with Crippen LogP contribution >= 0.6 is 0 Å². The third-order valence-corrected chi connectivity index (χ3v) is 2.57. The fourth-order valence-corrected chi connectivity index (χ4v) is 1.21. The molecular weight excluding hydrogens is 206 g/mol. The highest BCUT2D eigenvalue weighted by molar-refractivity contribution is 5.75. The number of nitrogens with zero attached hydrogens (tertiary/aromatic N) is 4. The van der Waals surface area contributed by atoms with Crippen molar-refractivity contribution < 1.29 is 4.79 Å². The number of rotatable bonds is 5. The predicted octanol–water partition coefficient (Wildman–Crippen LogP) is 0.166. The van der Waals surface area contributed by atoms with E-state index >= 15 is 0 Å². The van der Waals surface area contributed by atoms with E-state index in [2.05, 4.69) is 10.3 Å². The molecule has 1 rings (SSSR count). The third-order valence-electron chi connectivity index (χ3n) is 2.57. The number of hydrogen-bond donors (Lipinski definition) is 1. The van der Waals surface area contributed by atoms with Gasteiger partial charge in [-0.05, 0) is 13.3 Å². The smallest absolute Gasteiger partial charge is 0.244 e. The van der Waals surface area contributed by atoms with Gasteiger partial charge < -0.3 is 10.6 Å². The van der Waals surface area contributed by atoms with Crippen molar-refractivity contribution in [3.8, 4) is 0 Å². The minimum atomic E-state index is -0.104. The summed E-state index contributed by atoms with van der Waals surface area (Å²) in [7, 11) is 1.76. The Balaban J connectivity index is 2.62. The molecule has 6 nitrogen and oxygen atoms in total. The lowest BCUT2D eigenvalue weighted by Crippen LogP contribution is -2.30. The number of carbonyl (C=O) groups excluding carboxylic acids is 1. The summed E-state index contributed by atoms with van der Waals surface area (Å²) in [5.41, 5.74) is 6.54. The third kappa shape index (κ3) is 3.03. The second-order valence-electron chi connectivity index (χ2n) is 3.76. The van der Waals surface area contributed by atoms with Crippen molar-refractivity contribution in [1.29, 1.82) is 0 Å². The van der Waals surface area contributed by atoms with Gasteiger partial charge in [0.25, 0.3) is 0 Å². The summed E-state index contributed by atoms with van der Waals surface area (Å²) in [6, 6.07) is -0.104. The summed E-state index contributed by atoms with van der Waals surface area (Å²) in [4.78, 5) is 13.2. The van der Waals surface area contributed by atoms with Gasteiger partial charge in [0.2, 0.25) is 5.91 Å². The van der Waals surface area contributed by atoms with Crippen molar-refractivity contribution in [3.63, 3.8) is 0 Å². The molecule has 90 valence electrons. The van der Waals surface area contributed by atoms with Crippen molar-refractivity contribution in [2.45, 2.75) is 32.9 Å². The van der Waals surface area contributed by atoms with E-state index in [1.54, 1.807) is 18.1 Å². The van der Waals surface area contributed by atoms with E-state index < -0.39 is 0 Å². The number of carbonyl (C=O) groups is 1. The first kappa shape index (κ1) is 12.6. The first-order valence-electron chi connectivity index (χ1n) is 5.48. The Kier molecular flexibility index (Phi) is 4.42. The molecule has 0 radical (unpaired) electrons. The highest BCUT2D eigenvalue weighted by Gasteiger charge is 2.12. The molecule has 0 saturated carbocycles. The Morgan fingerprint density at radius 3 is 2.88 bits per heavy atom. The van der Waals surface area contributed by atoms with Crippen LogP contribution in [0.1, 0.15) is 32.0 Å². The molecule has 1 amide bonds. The standard InChI is InChI=1S/C10H19N5O/c1-4-8(11)9-6-15(13-12-9)7-10(16)14(3)5-2/h6,8H,4-5,7,11H2,1-3H3. The Morgan fingerprint density at radius 1 is 1.62 bits per heavy atom. The number of likely N-dealkylation sites (N-methyl/N-ethyl adjacent to an activating group) is 1. The molecule has 0 aromatic carbocycles. The fourth-order valence-electron chi connectivity index (χ4n) is 1.21. The molecule has 0 aliphatic heterocycles. The van der Waals surface area contributed by atoms with E-state index in [9.17, 15) is 4.79 Å². The lowest BCUT2D eigenvalue weighted by molar-refractivity contribution is -0.130. The minimum Gasteiger partial charge on any atom is -0.344 e. The van der Waals surface area contributed by atoms with Crippen molar-refractivity contribution in [1.82, 2.24) is 19.9 Å². The molecular formula is C10H19N5O. The molecule has 2 N–H and O–H groups in total. The van der Waals surface area contributed by atoms with Gasteiger partial charge in [-0.3, -0.25) is 4.79 Å². The van der Waals surface area contributed by atoms with Gasteiger partial charge in [0.1, 0.15) is 6.54 Å². The van der Waals surface area contributed by atoms with Crippen LogP contribution in [0.15, 0.2) is 6.20 Å². The number of hydrogen-bond acceptors (Lipinski definition) is 4. The van der Waals surface area contributed by atoms with Crippen LogP contribution in [0.5, 0.6) is 0 Å². The molecule has 0 spiro atoms. The lowest BCUT2D eigenvalue weighted by Gasteiger charge is -2.13. The van der Waals surface area contributed by atoms with Gasteiger partial charge in [0, 0.05) is 13.6 Å². The SMILES string of the molecule is CCC(N)c1cn(CC(=O)N(C)CC)nn1. The molecule has 1 atom stereocenters. The quantitative estimate of drug-likeness (QED) is 0.774. The van der Waals surface area contributed by atoms with E-state index in [1.807, 2.05) is 13.8 Å². The molecule has 1 aromatic heterocycles. The molecule has 16 heavy (non-hydrogen) atoms. The van der Waals surface area contributed by atoms with E-state index in [-0.39, 0.29) is 18.5 Å². The fraction of sp³-hybridized carbons (Fsp3) is 0.700. The molecule has 0 bridgehead atoms. The van der Waals surface area contributed by atoms with Gasteiger partial charge >= 0.3 is 0 Å². The van der Waals surface area contributed by atoms with E-state index in [0.29, 0.717) is 6.54 Å². The Labute approximate surface area is 95.4 Å². The van der Waals surface area contributed by atoms with E-state index in [1.165, 1.54) is 4.68 Å². The Hall–Kier alpha value is -1.43. The summed E-state index contributed by atoms with van der Waals surface area (Å²) in [5.74, 6) is 0.0176. The van der Waals surface area contributed by atoms with Gasteiger partial charge in [0.05, 0.1) is 17.9 Å². The van der Waals surface area contributed by atoms with Crippen LogP contribution in [0.3, 0.4) is 0 Å². The van der Waals surface area contributed by atoms with Crippen molar-refractivity contribution in [3.05, 3.63) is 11.9 Å². The van der Waals surface area contributed by atoms with E-state index in [0.717, 1.165) is 12.1 Å². The molecule has 0 fully saturated rings. The summed E-state index contributed by atoms with van der Waals surface area (Å²) in [6.07, 6.45) is 2.54. The van der Waals surface area contributed by atoms with Crippen molar-refractivity contribution in [2.75, 3.05) is 13.6 Å². The van der Waals surface area contributed by atoms with E-state index in [4.69, 9.17) is 5.73 Å². The topological polar surface area (TPSA) is 77.0 Å². The summed E-state index contributed by atoms with van der Waals surface area (Å²) < 4.78 is 1.53. The first-order chi connectivity index (χ1) is 7.58. The second kappa shape index (κ2) is 5.60. The molecule has 1 unspecified atom stereocenters. The van der Waals surface area contributed by atoms with Crippen LogP contribution in [-0.2, 0) is 11.3 Å². The van der Waals surface area contributed by atoms with Crippen molar-refractivity contribution >= 4 is 5.91 Å². The predicted molar refractivity (Wildman–Crippen MR) is 60.6 cm³/mol. The summed E-state index contributed by atoms with van der Waals surface area (Å²) in [5, 5.41) is 7.82. The highest BCUT2D eigenvalue weighted by Crippen LogP contribution is 2.08. The van der Waals surface area contributed by atoms with Crippen LogP contribution < -0.4 is 5.73 Å². The molecule has 6 heteroatoms. The Bertz CT molecular complexity index is 349. The number of nitrogens with two attached hydrogens (primary N) is 1. The second-order valence-corrected chi connectivity index (χ2v) is 3.76. The van der Waals surface area contributed by atoms with Crippen LogP contribution in [0.4, 0.5) is 0 Å². The Morgan fingerprint density at radius 2 is 2.31 bits per heavy atom. The van der Waals surface area contributed by atoms with Crippen LogP contribution in [0.25, 0.3) is 0 Å². The first-order valence-corrected chi connectivity index (χ1v) is 5.48. The van der Waals surface area contributed by atoms with Crippen molar-refractivity contribution in [2.24, 2.45) is 5.73 Å². The maximum absolute atomic E-state index is 11.6. The van der Waals surface area contributed by atoms with Gasteiger partial charge in [-0.1, -0.05) is 12.1 Å². The summed E-state index contributed by atoms with van der Waals surface area (Å²) in [6.45, 7) is 4.82. The molecule has 1 heterocycles. The highest BCUT2D eigenvalue weighted by atomic mass is 16.2. The maximum atomic E-state index is 11.6. The average molecular weight is 225 g/mol. The average Bonchev–Trinajstić information content (AvgIpc) is 2.75. The van der Waals surface area contributed by atoms with Gasteiger partial charge in [0.15, 0.2) is 0 Å². The number of amides is 1. The van der Waals surface area contributed by atoms with Crippen LogP contribution in [-0.4, -0.2) is 39.4 Å². The van der Waals surface area contributed by atoms with Crippen LogP contribution in [0, 0.1) is 0 Å². The molecule has 0 saturated heterocycles. The minimum absolute atomic E-state index is 0.0176. The monoisotopic (exact) mass is 225 g/mol. The zero-order chi connectivity index (χ0) is 12.1. The summed E-state index contributed by atoms with van der Waals surface area (Å²) >= 11 is 0. The largest absolute Gasteiger partial charge is 0.344 e. The zero-order valence-electron chi connectivity index (χ0n) is 10.1. The molecule has 1 aromatic rings. The molecule has 0 aliphatic rings. The van der Waals surface area contributed by atoms with Gasteiger partial charge in [-0.15, -0.1) is 5.10 Å². The van der Waals surface area contributed by atoms with Gasteiger partial charge in [-0.2, -0.15) is 0 Å². The zero-order valence-corrected chi connectivity index (χ0v) is 10.1. The normalized spacial score (nSPS) is 12.5. The number of aromatic nitrogens is 3.